The van der Waals surface area contributed by atoms with Gasteiger partial charge in [0.2, 0.25) is 0 Å². The van der Waals surface area contributed by atoms with Crippen molar-refractivity contribution in [3.05, 3.63) is 52.0 Å². The first kappa shape index (κ1) is 18.3. The van der Waals surface area contributed by atoms with Crippen LogP contribution >= 0.6 is 15.9 Å². The molecule has 2 rings (SSSR count). The number of hydrogen-bond acceptors (Lipinski definition) is 4. The Bertz CT molecular complexity index is 882. The maximum Gasteiger partial charge on any atom is 0.263 e. The standard InChI is InChI=1S/C16H17BrN2O4S/c1-10-4-7-15(13(17)8-10)24(21,22)19-14-6-5-11(23-3)9-12(14)16(20)18-2/h4-9,19H,1-3H3,(H,18,20). The molecule has 0 heterocycles. The van der Waals surface area contributed by atoms with Gasteiger partial charge in [-0.3, -0.25) is 9.52 Å². The number of carbonyl (C=O) groups excluding carboxylic acids is 1. The number of hydrogen-bond donors (Lipinski definition) is 2. The molecule has 0 saturated heterocycles. The predicted molar refractivity (Wildman–Crippen MR) is 96.1 cm³/mol. The first-order valence-electron chi connectivity index (χ1n) is 6.97. The summed E-state index contributed by atoms with van der Waals surface area (Å²) in [7, 11) is -0.925. The summed E-state index contributed by atoms with van der Waals surface area (Å²) >= 11 is 3.26. The van der Waals surface area contributed by atoms with Crippen LogP contribution in [-0.2, 0) is 10.0 Å². The summed E-state index contributed by atoms with van der Waals surface area (Å²) in [5.41, 5.74) is 1.27. The van der Waals surface area contributed by atoms with Gasteiger partial charge in [0.05, 0.1) is 18.4 Å². The predicted octanol–water partition coefficient (Wildman–Crippen LogP) is 2.93. The molecule has 0 fully saturated rings. The summed E-state index contributed by atoms with van der Waals surface area (Å²) in [5.74, 6) is 0.0302. The van der Waals surface area contributed by atoms with Gasteiger partial charge in [-0.2, -0.15) is 0 Å². The Balaban J connectivity index is 2.48. The van der Waals surface area contributed by atoms with Gasteiger partial charge in [-0.25, -0.2) is 8.42 Å². The van der Waals surface area contributed by atoms with E-state index in [-0.39, 0.29) is 16.1 Å². The van der Waals surface area contributed by atoms with E-state index in [4.69, 9.17) is 4.74 Å². The molecule has 0 atom stereocenters. The summed E-state index contributed by atoms with van der Waals surface area (Å²) in [5, 5.41) is 2.48. The van der Waals surface area contributed by atoms with Crippen LogP contribution in [0.2, 0.25) is 0 Å². The lowest BCUT2D eigenvalue weighted by atomic mass is 10.1. The molecule has 1 amide bonds. The molecular formula is C16H17BrN2O4S. The van der Waals surface area contributed by atoms with E-state index in [0.717, 1.165) is 5.56 Å². The fourth-order valence-electron chi connectivity index (χ4n) is 2.09. The quantitative estimate of drug-likeness (QED) is 0.790. The molecule has 0 aromatic heterocycles. The highest BCUT2D eigenvalue weighted by atomic mass is 79.9. The van der Waals surface area contributed by atoms with Crippen LogP contribution in [0.5, 0.6) is 5.75 Å². The number of aryl methyl sites for hydroxylation is 1. The fourth-order valence-corrected chi connectivity index (χ4v) is 4.36. The average Bonchev–Trinajstić information content (AvgIpc) is 2.53. The molecule has 0 unspecified atom stereocenters. The Kier molecular flexibility index (Phi) is 5.51. The van der Waals surface area contributed by atoms with Gasteiger partial charge in [0.15, 0.2) is 0 Å². The highest BCUT2D eigenvalue weighted by Gasteiger charge is 2.21. The minimum absolute atomic E-state index is 0.0896. The highest BCUT2D eigenvalue weighted by Crippen LogP contribution is 2.28. The maximum absolute atomic E-state index is 12.6. The summed E-state index contributed by atoms with van der Waals surface area (Å²) in [4.78, 5) is 12.1. The van der Waals surface area contributed by atoms with Crippen LogP contribution in [-0.4, -0.2) is 28.5 Å². The van der Waals surface area contributed by atoms with Gasteiger partial charge in [-0.1, -0.05) is 6.07 Å². The minimum Gasteiger partial charge on any atom is -0.497 e. The Hall–Kier alpha value is -2.06. The second kappa shape index (κ2) is 7.23. The average molecular weight is 413 g/mol. The number of nitrogens with one attached hydrogen (secondary N) is 2. The molecule has 0 aliphatic heterocycles. The van der Waals surface area contributed by atoms with Crippen molar-refractivity contribution in [2.45, 2.75) is 11.8 Å². The smallest absolute Gasteiger partial charge is 0.263 e. The second-order valence-electron chi connectivity index (χ2n) is 5.03. The molecule has 0 aliphatic rings. The van der Waals surface area contributed by atoms with E-state index in [9.17, 15) is 13.2 Å². The van der Waals surface area contributed by atoms with E-state index in [1.54, 1.807) is 18.2 Å². The third kappa shape index (κ3) is 3.88. The Morgan fingerprint density at radius 3 is 2.46 bits per heavy atom. The lowest BCUT2D eigenvalue weighted by molar-refractivity contribution is 0.0963. The largest absolute Gasteiger partial charge is 0.497 e. The Morgan fingerprint density at radius 1 is 1.17 bits per heavy atom. The third-order valence-corrected chi connectivity index (χ3v) is 5.66. The van der Waals surface area contributed by atoms with E-state index in [1.807, 2.05) is 6.92 Å². The number of ether oxygens (including phenoxy) is 1. The van der Waals surface area contributed by atoms with E-state index < -0.39 is 15.9 Å². The van der Waals surface area contributed by atoms with Crippen LogP contribution in [0.4, 0.5) is 5.69 Å². The van der Waals surface area contributed by atoms with Crippen LogP contribution in [0.1, 0.15) is 15.9 Å². The van der Waals surface area contributed by atoms with Crippen LogP contribution in [0.25, 0.3) is 0 Å². The highest BCUT2D eigenvalue weighted by molar-refractivity contribution is 9.10. The summed E-state index contributed by atoms with van der Waals surface area (Å²) in [6, 6.07) is 9.46. The number of halogens is 1. The SMILES string of the molecule is CNC(=O)c1cc(OC)ccc1NS(=O)(=O)c1ccc(C)cc1Br. The number of sulfonamides is 1. The number of amides is 1. The van der Waals surface area contributed by atoms with Gasteiger partial charge in [0.1, 0.15) is 10.6 Å². The molecule has 0 radical (unpaired) electrons. The molecule has 0 spiro atoms. The van der Waals surface area contributed by atoms with Gasteiger partial charge >= 0.3 is 0 Å². The molecule has 8 heteroatoms. The van der Waals surface area contributed by atoms with Crippen LogP contribution < -0.4 is 14.8 Å². The fraction of sp³-hybridized carbons (Fsp3) is 0.188. The molecule has 6 nitrogen and oxygen atoms in total. The van der Waals surface area contributed by atoms with Crippen molar-refractivity contribution >= 4 is 37.5 Å². The van der Waals surface area contributed by atoms with Gasteiger partial charge in [0.25, 0.3) is 15.9 Å². The molecular weight excluding hydrogens is 396 g/mol. The van der Waals surface area contributed by atoms with Crippen LogP contribution in [0.15, 0.2) is 45.8 Å². The van der Waals surface area contributed by atoms with Crippen molar-refractivity contribution in [1.29, 1.82) is 0 Å². The number of anilines is 1. The zero-order valence-electron chi connectivity index (χ0n) is 13.4. The van der Waals surface area contributed by atoms with Gasteiger partial charge < -0.3 is 10.1 Å². The van der Waals surface area contributed by atoms with Crippen LogP contribution in [0, 0.1) is 6.92 Å². The van der Waals surface area contributed by atoms with E-state index in [2.05, 4.69) is 26.0 Å². The third-order valence-electron chi connectivity index (χ3n) is 3.32. The van der Waals surface area contributed by atoms with Gasteiger partial charge in [-0.15, -0.1) is 0 Å². The topological polar surface area (TPSA) is 84.5 Å². The Morgan fingerprint density at radius 2 is 1.88 bits per heavy atom. The molecule has 0 aliphatic carbocycles. The van der Waals surface area contributed by atoms with Crippen molar-refractivity contribution in [2.75, 3.05) is 18.9 Å². The van der Waals surface area contributed by atoms with Crippen LogP contribution in [0.3, 0.4) is 0 Å². The van der Waals surface area contributed by atoms with Gasteiger partial charge in [-0.05, 0) is 58.7 Å². The minimum atomic E-state index is -3.86. The first-order chi connectivity index (χ1) is 11.3. The van der Waals surface area contributed by atoms with E-state index >= 15 is 0 Å². The van der Waals surface area contributed by atoms with E-state index in [0.29, 0.717) is 10.2 Å². The number of methoxy groups -OCH3 is 1. The van der Waals surface area contributed by atoms with Crippen molar-refractivity contribution < 1.29 is 17.9 Å². The normalized spacial score (nSPS) is 11.0. The molecule has 128 valence electrons. The molecule has 24 heavy (non-hydrogen) atoms. The monoisotopic (exact) mass is 412 g/mol. The second-order valence-corrected chi connectivity index (χ2v) is 7.54. The molecule has 0 bridgehead atoms. The summed E-state index contributed by atoms with van der Waals surface area (Å²) < 4.78 is 33.3. The zero-order valence-corrected chi connectivity index (χ0v) is 15.8. The number of benzene rings is 2. The first-order valence-corrected chi connectivity index (χ1v) is 9.25. The maximum atomic E-state index is 12.6. The van der Waals surface area contributed by atoms with Crippen molar-refractivity contribution in [3.63, 3.8) is 0 Å². The molecule has 2 aromatic rings. The number of rotatable bonds is 5. The van der Waals surface area contributed by atoms with E-state index in [1.165, 1.54) is 32.4 Å². The van der Waals surface area contributed by atoms with Gasteiger partial charge in [0, 0.05) is 11.5 Å². The number of carbonyl (C=O) groups is 1. The van der Waals surface area contributed by atoms with Crippen molar-refractivity contribution in [3.8, 4) is 5.75 Å². The van der Waals surface area contributed by atoms with Crippen molar-refractivity contribution in [2.24, 2.45) is 0 Å². The summed E-state index contributed by atoms with van der Waals surface area (Å²) in [6.07, 6.45) is 0. The summed E-state index contributed by atoms with van der Waals surface area (Å²) in [6.45, 7) is 1.86. The zero-order chi connectivity index (χ0) is 17.9. The molecule has 2 aromatic carbocycles. The molecule has 0 saturated carbocycles. The van der Waals surface area contributed by atoms with Crippen molar-refractivity contribution in [1.82, 2.24) is 5.32 Å². The molecule has 2 N–H and O–H groups in total. The lowest BCUT2D eigenvalue weighted by Crippen LogP contribution is -2.22. The Labute approximate surface area is 149 Å². The lowest BCUT2D eigenvalue weighted by Gasteiger charge is -2.14.